The minimum Gasteiger partial charge on any atom is -0.504 e. The maximum absolute atomic E-state index is 9.72. The third-order valence-electron chi connectivity index (χ3n) is 4.71. The van der Waals surface area contributed by atoms with Gasteiger partial charge >= 0.3 is 0 Å². The van der Waals surface area contributed by atoms with Crippen LogP contribution in [-0.2, 0) is 4.74 Å². The summed E-state index contributed by atoms with van der Waals surface area (Å²) >= 11 is 0. The Bertz CT molecular complexity index is 477. The first kappa shape index (κ1) is 13.7. The predicted octanol–water partition coefficient (Wildman–Crippen LogP) is 2.72. The summed E-state index contributed by atoms with van der Waals surface area (Å²) in [6, 6.07) is 6.51. The number of fused-ring (bicyclic) bond motifs is 1. The molecule has 3 unspecified atom stereocenters. The summed E-state index contributed by atoms with van der Waals surface area (Å²) in [6.07, 6.45) is 4.08. The summed E-state index contributed by atoms with van der Waals surface area (Å²) in [5.74, 6) is 0.745. The van der Waals surface area contributed by atoms with Gasteiger partial charge < -0.3 is 14.6 Å². The van der Waals surface area contributed by atoms with Gasteiger partial charge in [-0.25, -0.2) is 0 Å². The highest BCUT2D eigenvalue weighted by molar-refractivity contribution is 5.42. The number of morpholine rings is 1. The lowest BCUT2D eigenvalue weighted by Crippen LogP contribution is -2.49. The van der Waals surface area contributed by atoms with Crippen molar-refractivity contribution >= 4 is 0 Å². The molecule has 2 fully saturated rings. The minimum absolute atomic E-state index is 0.198. The van der Waals surface area contributed by atoms with Gasteiger partial charge in [-0.1, -0.05) is 6.07 Å². The maximum atomic E-state index is 9.72. The van der Waals surface area contributed by atoms with Crippen LogP contribution in [0.2, 0.25) is 0 Å². The van der Waals surface area contributed by atoms with E-state index in [0.29, 0.717) is 23.9 Å². The average molecular weight is 277 g/mol. The largest absolute Gasteiger partial charge is 0.504 e. The molecule has 1 saturated heterocycles. The third kappa shape index (κ3) is 2.38. The normalized spacial score (nSPS) is 28.1. The number of hydrogen-bond donors (Lipinski definition) is 1. The Labute approximate surface area is 120 Å². The lowest BCUT2D eigenvalue weighted by atomic mass is 10.0. The monoisotopic (exact) mass is 277 g/mol. The van der Waals surface area contributed by atoms with Crippen LogP contribution in [0.25, 0.3) is 0 Å². The summed E-state index contributed by atoms with van der Waals surface area (Å²) in [4.78, 5) is 2.55. The standard InChI is InChI=1S/C16H23NO3/c1-11(12-6-7-14(18)16(10-12)19-2)17-8-9-20-15-5-3-4-13(15)17/h6-7,10-11,13,15,18H,3-5,8-9H2,1-2H3. The van der Waals surface area contributed by atoms with Gasteiger partial charge in [0.15, 0.2) is 11.5 Å². The van der Waals surface area contributed by atoms with Gasteiger partial charge in [0.2, 0.25) is 0 Å². The van der Waals surface area contributed by atoms with Crippen molar-refractivity contribution in [3.63, 3.8) is 0 Å². The second kappa shape index (κ2) is 5.62. The van der Waals surface area contributed by atoms with Crippen molar-refractivity contribution < 1.29 is 14.6 Å². The van der Waals surface area contributed by atoms with Gasteiger partial charge in [0.25, 0.3) is 0 Å². The van der Waals surface area contributed by atoms with Crippen molar-refractivity contribution in [1.82, 2.24) is 4.90 Å². The molecule has 20 heavy (non-hydrogen) atoms. The Kier molecular flexibility index (Phi) is 3.85. The smallest absolute Gasteiger partial charge is 0.160 e. The second-order valence-electron chi connectivity index (χ2n) is 5.75. The lowest BCUT2D eigenvalue weighted by Gasteiger charge is -2.41. The van der Waals surface area contributed by atoms with Gasteiger partial charge in [-0.2, -0.15) is 0 Å². The molecule has 0 amide bonds. The minimum atomic E-state index is 0.198. The van der Waals surface area contributed by atoms with E-state index in [4.69, 9.17) is 9.47 Å². The van der Waals surface area contributed by atoms with E-state index in [1.807, 2.05) is 12.1 Å². The van der Waals surface area contributed by atoms with Crippen LogP contribution in [0.15, 0.2) is 18.2 Å². The molecule has 4 nitrogen and oxygen atoms in total. The van der Waals surface area contributed by atoms with Crippen LogP contribution in [0.4, 0.5) is 0 Å². The van der Waals surface area contributed by atoms with E-state index in [1.54, 1.807) is 13.2 Å². The van der Waals surface area contributed by atoms with Crippen LogP contribution in [0.1, 0.15) is 37.8 Å². The summed E-state index contributed by atoms with van der Waals surface area (Å²) < 4.78 is 11.1. The number of phenols is 1. The molecule has 1 heterocycles. The van der Waals surface area contributed by atoms with E-state index < -0.39 is 0 Å². The van der Waals surface area contributed by atoms with E-state index in [1.165, 1.54) is 24.8 Å². The highest BCUT2D eigenvalue weighted by Gasteiger charge is 2.38. The molecule has 1 N–H and O–H groups in total. The fraction of sp³-hybridized carbons (Fsp3) is 0.625. The van der Waals surface area contributed by atoms with Crippen molar-refractivity contribution in [3.05, 3.63) is 23.8 Å². The molecule has 2 aliphatic rings. The van der Waals surface area contributed by atoms with Crippen LogP contribution in [0, 0.1) is 0 Å². The summed E-state index contributed by atoms with van der Waals surface area (Å²) in [5, 5.41) is 9.72. The highest BCUT2D eigenvalue weighted by Crippen LogP contribution is 2.37. The predicted molar refractivity (Wildman–Crippen MR) is 77.2 cm³/mol. The number of ether oxygens (including phenoxy) is 2. The lowest BCUT2D eigenvalue weighted by molar-refractivity contribution is -0.0698. The number of aromatic hydroxyl groups is 1. The number of nitrogens with zero attached hydrogens (tertiary/aromatic N) is 1. The Hall–Kier alpha value is -1.26. The Morgan fingerprint density at radius 1 is 1.40 bits per heavy atom. The SMILES string of the molecule is COc1cc(C(C)N2CCOC3CCCC32)ccc1O. The van der Waals surface area contributed by atoms with Crippen molar-refractivity contribution in [1.29, 1.82) is 0 Å². The molecule has 1 aromatic carbocycles. The quantitative estimate of drug-likeness (QED) is 0.922. The van der Waals surface area contributed by atoms with E-state index in [-0.39, 0.29) is 5.75 Å². The van der Waals surface area contributed by atoms with Gasteiger partial charge in [-0.15, -0.1) is 0 Å². The van der Waals surface area contributed by atoms with Crippen LogP contribution in [0.3, 0.4) is 0 Å². The van der Waals surface area contributed by atoms with E-state index in [9.17, 15) is 5.11 Å². The molecule has 1 aliphatic carbocycles. The van der Waals surface area contributed by atoms with Crippen molar-refractivity contribution in [2.24, 2.45) is 0 Å². The van der Waals surface area contributed by atoms with Crippen molar-refractivity contribution in [3.8, 4) is 11.5 Å². The Morgan fingerprint density at radius 2 is 2.25 bits per heavy atom. The van der Waals surface area contributed by atoms with E-state index in [0.717, 1.165) is 13.2 Å². The average Bonchev–Trinajstić information content (AvgIpc) is 2.95. The fourth-order valence-corrected chi connectivity index (χ4v) is 3.58. The van der Waals surface area contributed by atoms with Gasteiger partial charge in [0.1, 0.15) is 0 Å². The summed E-state index contributed by atoms with van der Waals surface area (Å²) in [5.41, 5.74) is 1.19. The molecule has 0 radical (unpaired) electrons. The molecule has 0 spiro atoms. The first-order chi connectivity index (χ1) is 9.70. The van der Waals surface area contributed by atoms with E-state index in [2.05, 4.69) is 11.8 Å². The molecule has 1 saturated carbocycles. The maximum Gasteiger partial charge on any atom is 0.160 e. The molecule has 0 aromatic heterocycles. The number of rotatable bonds is 3. The van der Waals surface area contributed by atoms with Crippen molar-refractivity contribution in [2.75, 3.05) is 20.3 Å². The van der Waals surface area contributed by atoms with Crippen LogP contribution >= 0.6 is 0 Å². The second-order valence-corrected chi connectivity index (χ2v) is 5.75. The Balaban J connectivity index is 1.82. The molecule has 110 valence electrons. The molecule has 3 atom stereocenters. The molecule has 4 heteroatoms. The zero-order valence-electron chi connectivity index (χ0n) is 12.2. The summed E-state index contributed by atoms with van der Waals surface area (Å²) in [6.45, 7) is 4.03. The van der Waals surface area contributed by atoms with Crippen LogP contribution in [-0.4, -0.2) is 42.4 Å². The fourth-order valence-electron chi connectivity index (χ4n) is 3.58. The first-order valence-corrected chi connectivity index (χ1v) is 7.45. The number of methoxy groups -OCH3 is 1. The number of benzene rings is 1. The highest BCUT2D eigenvalue weighted by atomic mass is 16.5. The first-order valence-electron chi connectivity index (χ1n) is 7.45. The van der Waals surface area contributed by atoms with Crippen molar-refractivity contribution in [2.45, 2.75) is 44.4 Å². The third-order valence-corrected chi connectivity index (χ3v) is 4.71. The Morgan fingerprint density at radius 3 is 3.05 bits per heavy atom. The van der Waals surface area contributed by atoms with Crippen LogP contribution < -0.4 is 4.74 Å². The topological polar surface area (TPSA) is 41.9 Å². The number of hydrogen-bond acceptors (Lipinski definition) is 4. The van der Waals surface area contributed by atoms with Gasteiger partial charge in [0, 0.05) is 18.6 Å². The van der Waals surface area contributed by atoms with Gasteiger partial charge in [-0.3, -0.25) is 4.90 Å². The molecule has 1 aromatic rings. The zero-order chi connectivity index (χ0) is 14.1. The van der Waals surface area contributed by atoms with Gasteiger partial charge in [0.05, 0.1) is 19.8 Å². The molecular weight excluding hydrogens is 254 g/mol. The number of phenolic OH excluding ortho intramolecular Hbond substituents is 1. The summed E-state index contributed by atoms with van der Waals surface area (Å²) in [7, 11) is 1.59. The zero-order valence-corrected chi connectivity index (χ0v) is 12.2. The van der Waals surface area contributed by atoms with Gasteiger partial charge in [-0.05, 0) is 43.9 Å². The molecule has 1 aliphatic heterocycles. The molecular formula is C16H23NO3. The van der Waals surface area contributed by atoms with E-state index >= 15 is 0 Å². The van der Waals surface area contributed by atoms with Crippen LogP contribution in [0.5, 0.6) is 11.5 Å². The molecule has 3 rings (SSSR count). The molecule has 0 bridgehead atoms.